The van der Waals surface area contributed by atoms with E-state index >= 15 is 0 Å². The lowest BCUT2D eigenvalue weighted by atomic mass is 10.2. The lowest BCUT2D eigenvalue weighted by Crippen LogP contribution is -1.88. The molecule has 0 bridgehead atoms. The van der Waals surface area contributed by atoms with E-state index in [-0.39, 0.29) is 11.6 Å². The van der Waals surface area contributed by atoms with Crippen molar-refractivity contribution < 1.29 is 9.13 Å². The highest BCUT2D eigenvalue weighted by Crippen LogP contribution is 2.17. The molecule has 0 atom stereocenters. The number of rotatable bonds is 1. The summed E-state index contributed by atoms with van der Waals surface area (Å²) in [5.74, 6) is 5.53. The first kappa shape index (κ1) is 10.1. The fourth-order valence-electron chi connectivity index (χ4n) is 0.873. The number of hydrogen-bond donors (Lipinski definition) is 0. The molecule has 0 saturated carbocycles. The van der Waals surface area contributed by atoms with Crippen molar-refractivity contribution in [3.8, 4) is 17.6 Å². The molecule has 1 nitrogen and oxygen atoms in total. The smallest absolute Gasteiger partial charge is 0.165 e. The van der Waals surface area contributed by atoms with Gasteiger partial charge in [0.2, 0.25) is 0 Å². The van der Waals surface area contributed by atoms with Gasteiger partial charge in [0, 0.05) is 5.56 Å². The molecule has 68 valence electrons. The minimum absolute atomic E-state index is 0.223. The van der Waals surface area contributed by atoms with Gasteiger partial charge in [-0.2, -0.15) is 0 Å². The Morgan fingerprint density at radius 1 is 1.54 bits per heavy atom. The molecule has 13 heavy (non-hydrogen) atoms. The van der Waals surface area contributed by atoms with Gasteiger partial charge >= 0.3 is 0 Å². The first-order chi connectivity index (χ1) is 6.27. The second-order valence-electron chi connectivity index (χ2n) is 2.28. The van der Waals surface area contributed by atoms with Crippen molar-refractivity contribution in [3.63, 3.8) is 0 Å². The van der Waals surface area contributed by atoms with Gasteiger partial charge < -0.3 is 4.74 Å². The normalized spacial score (nSPS) is 8.85. The first-order valence-electron chi connectivity index (χ1n) is 3.66. The first-order valence-corrected chi connectivity index (χ1v) is 4.78. The summed E-state index contributed by atoms with van der Waals surface area (Å²) in [6, 6.07) is 4.54. The lowest BCUT2D eigenvalue weighted by molar-refractivity contribution is 0.386. The summed E-state index contributed by atoms with van der Waals surface area (Å²) in [7, 11) is 1.43. The number of alkyl halides is 1. The van der Waals surface area contributed by atoms with E-state index in [1.54, 1.807) is 12.1 Å². The average Bonchev–Trinajstić information content (AvgIpc) is 2.16. The van der Waals surface area contributed by atoms with Crippen LogP contribution in [-0.2, 0) is 0 Å². The monoisotopic (exact) mass is 242 g/mol. The van der Waals surface area contributed by atoms with Crippen LogP contribution in [0.3, 0.4) is 0 Å². The van der Waals surface area contributed by atoms with Gasteiger partial charge in [-0.05, 0) is 18.2 Å². The van der Waals surface area contributed by atoms with E-state index in [0.717, 1.165) is 5.56 Å². The van der Waals surface area contributed by atoms with Gasteiger partial charge in [-0.25, -0.2) is 4.39 Å². The molecule has 1 aromatic carbocycles. The molecule has 0 amide bonds. The maximum atomic E-state index is 12.9. The quantitative estimate of drug-likeness (QED) is 0.544. The van der Waals surface area contributed by atoms with Crippen molar-refractivity contribution >= 4 is 15.9 Å². The summed E-state index contributed by atoms with van der Waals surface area (Å²) >= 11 is 3.18. The van der Waals surface area contributed by atoms with Crippen LogP contribution in [0, 0.1) is 17.7 Å². The van der Waals surface area contributed by atoms with Gasteiger partial charge in [0.15, 0.2) is 11.6 Å². The van der Waals surface area contributed by atoms with Crippen LogP contribution in [0.2, 0.25) is 0 Å². The third kappa shape index (κ3) is 2.74. The fourth-order valence-corrected chi connectivity index (χ4v) is 1.01. The molecule has 0 aliphatic heterocycles. The van der Waals surface area contributed by atoms with Crippen LogP contribution in [0.5, 0.6) is 5.75 Å². The molecule has 1 rings (SSSR count). The molecule has 3 heteroatoms. The standard InChI is InChI=1S/C10H8BrFO/c1-13-10-7-8(3-2-6-11)4-5-9(10)12/h4-5,7H,6H2,1H3. The summed E-state index contributed by atoms with van der Waals surface area (Å²) in [6.45, 7) is 0. The van der Waals surface area contributed by atoms with Gasteiger partial charge in [0.05, 0.1) is 12.4 Å². The SMILES string of the molecule is COc1cc(C#CCBr)ccc1F. The average molecular weight is 243 g/mol. The highest BCUT2D eigenvalue weighted by molar-refractivity contribution is 9.09. The van der Waals surface area contributed by atoms with Crippen molar-refractivity contribution in [2.24, 2.45) is 0 Å². The largest absolute Gasteiger partial charge is 0.494 e. The molecule has 0 unspecified atom stereocenters. The zero-order chi connectivity index (χ0) is 9.68. The van der Waals surface area contributed by atoms with E-state index in [2.05, 4.69) is 27.8 Å². The Kier molecular flexibility index (Phi) is 3.78. The Balaban J connectivity index is 2.99. The van der Waals surface area contributed by atoms with Crippen LogP contribution in [0.25, 0.3) is 0 Å². The highest BCUT2D eigenvalue weighted by Gasteiger charge is 2.00. The molecule has 0 aromatic heterocycles. The van der Waals surface area contributed by atoms with Gasteiger partial charge in [-0.1, -0.05) is 27.8 Å². The fraction of sp³-hybridized carbons (Fsp3) is 0.200. The van der Waals surface area contributed by atoms with E-state index in [0.29, 0.717) is 5.33 Å². The predicted octanol–water partition coefficient (Wildman–Crippen LogP) is 2.58. The van der Waals surface area contributed by atoms with Crippen molar-refractivity contribution in [2.45, 2.75) is 0 Å². The summed E-state index contributed by atoms with van der Waals surface area (Å²) in [5, 5.41) is 0.604. The number of benzene rings is 1. The number of halogens is 2. The third-order valence-electron chi connectivity index (χ3n) is 1.45. The summed E-state index contributed by atoms with van der Waals surface area (Å²) in [6.07, 6.45) is 0. The molecule has 0 spiro atoms. The number of methoxy groups -OCH3 is 1. The van der Waals surface area contributed by atoms with Gasteiger partial charge in [0.25, 0.3) is 0 Å². The Hall–Kier alpha value is -1.01. The van der Waals surface area contributed by atoms with Crippen LogP contribution in [-0.4, -0.2) is 12.4 Å². The van der Waals surface area contributed by atoms with Crippen molar-refractivity contribution in [2.75, 3.05) is 12.4 Å². The second kappa shape index (κ2) is 4.88. The van der Waals surface area contributed by atoms with E-state index in [1.807, 2.05) is 0 Å². The number of hydrogen-bond acceptors (Lipinski definition) is 1. The summed E-state index contributed by atoms with van der Waals surface area (Å²) < 4.78 is 17.7. The van der Waals surface area contributed by atoms with Crippen LogP contribution in [0.15, 0.2) is 18.2 Å². The van der Waals surface area contributed by atoms with Gasteiger partial charge in [-0.3, -0.25) is 0 Å². The van der Waals surface area contributed by atoms with Crippen molar-refractivity contribution in [3.05, 3.63) is 29.6 Å². The van der Waals surface area contributed by atoms with Crippen LogP contribution < -0.4 is 4.74 Å². The molecule has 0 heterocycles. The van der Waals surface area contributed by atoms with E-state index in [1.165, 1.54) is 13.2 Å². The zero-order valence-electron chi connectivity index (χ0n) is 7.10. The Labute approximate surface area is 85.0 Å². The molecule has 0 radical (unpaired) electrons. The Morgan fingerprint density at radius 2 is 2.31 bits per heavy atom. The number of ether oxygens (including phenoxy) is 1. The molecule has 0 saturated heterocycles. The minimum Gasteiger partial charge on any atom is -0.494 e. The van der Waals surface area contributed by atoms with Crippen LogP contribution in [0.1, 0.15) is 5.56 Å². The highest BCUT2D eigenvalue weighted by atomic mass is 79.9. The van der Waals surface area contributed by atoms with Crippen molar-refractivity contribution in [1.29, 1.82) is 0 Å². The van der Waals surface area contributed by atoms with Crippen LogP contribution >= 0.6 is 15.9 Å². The Bertz CT molecular complexity index is 352. The van der Waals surface area contributed by atoms with Crippen LogP contribution in [0.4, 0.5) is 4.39 Å². The lowest BCUT2D eigenvalue weighted by Gasteiger charge is -2.00. The third-order valence-corrected chi connectivity index (χ3v) is 1.73. The summed E-state index contributed by atoms with van der Waals surface area (Å²) in [5.41, 5.74) is 0.748. The molecule has 0 aliphatic carbocycles. The van der Waals surface area contributed by atoms with E-state index in [9.17, 15) is 4.39 Å². The van der Waals surface area contributed by atoms with Gasteiger partial charge in [-0.15, -0.1) is 0 Å². The molecular weight excluding hydrogens is 235 g/mol. The van der Waals surface area contributed by atoms with E-state index < -0.39 is 0 Å². The predicted molar refractivity (Wildman–Crippen MR) is 53.6 cm³/mol. The molecule has 1 aromatic rings. The molecule has 0 N–H and O–H groups in total. The minimum atomic E-state index is -0.369. The second-order valence-corrected chi connectivity index (χ2v) is 2.85. The zero-order valence-corrected chi connectivity index (χ0v) is 8.69. The maximum Gasteiger partial charge on any atom is 0.165 e. The molecule has 0 aliphatic rings. The van der Waals surface area contributed by atoms with Crippen molar-refractivity contribution in [1.82, 2.24) is 0 Å². The maximum absolute atomic E-state index is 12.9. The summed E-state index contributed by atoms with van der Waals surface area (Å²) in [4.78, 5) is 0. The molecular formula is C10H8BrFO. The topological polar surface area (TPSA) is 9.23 Å². The Morgan fingerprint density at radius 3 is 2.92 bits per heavy atom. The van der Waals surface area contributed by atoms with E-state index in [4.69, 9.17) is 4.74 Å². The van der Waals surface area contributed by atoms with Gasteiger partial charge in [0.1, 0.15) is 0 Å². The molecule has 0 fully saturated rings.